The van der Waals surface area contributed by atoms with Crippen molar-refractivity contribution in [2.24, 2.45) is 5.92 Å². The lowest BCUT2D eigenvalue weighted by Gasteiger charge is -2.32. The van der Waals surface area contributed by atoms with Crippen LogP contribution in [0.25, 0.3) is 0 Å². The zero-order valence-corrected chi connectivity index (χ0v) is 12.3. The largest absolute Gasteiger partial charge is 0.399 e. The third-order valence-corrected chi connectivity index (χ3v) is 4.23. The van der Waals surface area contributed by atoms with Gasteiger partial charge in [-0.15, -0.1) is 0 Å². The van der Waals surface area contributed by atoms with Gasteiger partial charge in [0.05, 0.1) is 5.41 Å². The summed E-state index contributed by atoms with van der Waals surface area (Å²) < 4.78 is 0. The third-order valence-electron chi connectivity index (χ3n) is 4.23. The van der Waals surface area contributed by atoms with Gasteiger partial charge >= 0.3 is 0 Å². The summed E-state index contributed by atoms with van der Waals surface area (Å²) >= 11 is 0. The molecule has 0 saturated heterocycles. The maximum atomic E-state index is 12.6. The van der Waals surface area contributed by atoms with Crippen LogP contribution in [0.1, 0.15) is 46.1 Å². The van der Waals surface area contributed by atoms with Gasteiger partial charge in [0.15, 0.2) is 0 Å². The first-order valence-corrected chi connectivity index (χ1v) is 6.92. The van der Waals surface area contributed by atoms with Gasteiger partial charge in [-0.3, -0.25) is 4.79 Å². The van der Waals surface area contributed by atoms with Crippen LogP contribution in [0.2, 0.25) is 0 Å². The molecule has 0 radical (unpaired) electrons. The van der Waals surface area contributed by atoms with E-state index in [-0.39, 0.29) is 11.4 Å². The molecule has 3 N–H and O–H groups in total. The van der Waals surface area contributed by atoms with Crippen molar-refractivity contribution in [2.75, 3.05) is 5.73 Å². The van der Waals surface area contributed by atoms with Gasteiger partial charge in [0.2, 0.25) is 5.91 Å². The predicted molar refractivity (Wildman–Crippen MR) is 78.8 cm³/mol. The SMILES string of the molecule is CC(C)(C(=O)NC(C)(C)C1CC1)c1ccc(N)cc1. The van der Waals surface area contributed by atoms with Crippen LogP contribution < -0.4 is 11.1 Å². The first-order chi connectivity index (χ1) is 8.73. The Kier molecular flexibility index (Phi) is 3.33. The minimum Gasteiger partial charge on any atom is -0.399 e. The lowest BCUT2D eigenvalue weighted by molar-refractivity contribution is -0.127. The Labute approximate surface area is 115 Å². The van der Waals surface area contributed by atoms with Gasteiger partial charge in [0.25, 0.3) is 0 Å². The topological polar surface area (TPSA) is 55.1 Å². The van der Waals surface area contributed by atoms with Crippen LogP contribution in [0.15, 0.2) is 24.3 Å². The van der Waals surface area contributed by atoms with E-state index in [0.29, 0.717) is 5.92 Å². The zero-order chi connectivity index (χ0) is 14.3. The second-order valence-corrected chi connectivity index (χ2v) is 6.70. The van der Waals surface area contributed by atoms with E-state index >= 15 is 0 Å². The summed E-state index contributed by atoms with van der Waals surface area (Å²) in [6.07, 6.45) is 2.44. The number of hydrogen-bond acceptors (Lipinski definition) is 2. The summed E-state index contributed by atoms with van der Waals surface area (Å²) in [6, 6.07) is 7.55. The van der Waals surface area contributed by atoms with Gasteiger partial charge in [0, 0.05) is 11.2 Å². The average Bonchev–Trinajstić information content (AvgIpc) is 3.12. The second-order valence-electron chi connectivity index (χ2n) is 6.70. The molecule has 1 amide bonds. The fourth-order valence-electron chi connectivity index (χ4n) is 2.39. The van der Waals surface area contributed by atoms with Crippen LogP contribution in [-0.2, 0) is 10.2 Å². The quantitative estimate of drug-likeness (QED) is 0.818. The van der Waals surface area contributed by atoms with Crippen molar-refractivity contribution in [3.8, 4) is 0 Å². The number of benzene rings is 1. The molecule has 19 heavy (non-hydrogen) atoms. The summed E-state index contributed by atoms with van der Waals surface area (Å²) in [5.41, 5.74) is 6.76. The van der Waals surface area contributed by atoms with Gasteiger partial charge in [-0.2, -0.15) is 0 Å². The smallest absolute Gasteiger partial charge is 0.230 e. The molecule has 104 valence electrons. The van der Waals surface area contributed by atoms with Gasteiger partial charge in [0.1, 0.15) is 0 Å². The maximum absolute atomic E-state index is 12.6. The number of hydrogen-bond donors (Lipinski definition) is 2. The van der Waals surface area contributed by atoms with Crippen molar-refractivity contribution < 1.29 is 4.79 Å². The van der Waals surface area contributed by atoms with Crippen molar-refractivity contribution in [1.82, 2.24) is 5.32 Å². The van der Waals surface area contributed by atoms with Crippen LogP contribution in [0.4, 0.5) is 5.69 Å². The number of amides is 1. The molecule has 0 unspecified atom stereocenters. The summed E-state index contributed by atoms with van der Waals surface area (Å²) in [5, 5.41) is 3.20. The predicted octanol–water partition coefficient (Wildman–Crippen LogP) is 2.85. The highest BCUT2D eigenvalue weighted by molar-refractivity contribution is 5.88. The lowest BCUT2D eigenvalue weighted by atomic mass is 9.82. The Hall–Kier alpha value is -1.51. The van der Waals surface area contributed by atoms with Crippen molar-refractivity contribution in [3.63, 3.8) is 0 Å². The third kappa shape index (κ3) is 2.91. The molecule has 0 spiro atoms. The molecule has 0 heterocycles. The van der Waals surface area contributed by atoms with Crippen molar-refractivity contribution in [1.29, 1.82) is 0 Å². The molecule has 0 atom stereocenters. The molecule has 1 saturated carbocycles. The Balaban J connectivity index is 2.14. The minimum atomic E-state index is -0.542. The Morgan fingerprint density at radius 1 is 1.16 bits per heavy atom. The fourth-order valence-corrected chi connectivity index (χ4v) is 2.39. The number of nitrogens with one attached hydrogen (secondary N) is 1. The van der Waals surface area contributed by atoms with E-state index in [9.17, 15) is 4.79 Å². The molecule has 3 nitrogen and oxygen atoms in total. The van der Waals surface area contributed by atoms with E-state index in [4.69, 9.17) is 5.73 Å². The molecular formula is C16H24N2O. The molecule has 2 rings (SSSR count). The van der Waals surface area contributed by atoms with Crippen LogP contribution in [0.3, 0.4) is 0 Å². The molecule has 1 fully saturated rings. The highest BCUT2D eigenvalue weighted by Crippen LogP contribution is 2.39. The summed E-state index contributed by atoms with van der Waals surface area (Å²) in [7, 11) is 0. The summed E-state index contributed by atoms with van der Waals surface area (Å²) in [4.78, 5) is 12.6. The van der Waals surface area contributed by atoms with Gasteiger partial charge in [-0.1, -0.05) is 12.1 Å². The van der Waals surface area contributed by atoms with Crippen LogP contribution >= 0.6 is 0 Å². The normalized spacial score (nSPS) is 16.2. The first kappa shape index (κ1) is 13.9. The van der Waals surface area contributed by atoms with E-state index in [1.165, 1.54) is 12.8 Å². The summed E-state index contributed by atoms with van der Waals surface area (Å²) in [6.45, 7) is 8.14. The molecular weight excluding hydrogens is 236 g/mol. The molecule has 1 aliphatic carbocycles. The Morgan fingerprint density at radius 2 is 1.68 bits per heavy atom. The molecule has 1 aliphatic rings. The van der Waals surface area contributed by atoms with E-state index in [1.54, 1.807) is 0 Å². The monoisotopic (exact) mass is 260 g/mol. The van der Waals surface area contributed by atoms with Crippen molar-refractivity contribution in [3.05, 3.63) is 29.8 Å². The van der Waals surface area contributed by atoms with Crippen LogP contribution in [-0.4, -0.2) is 11.4 Å². The number of rotatable bonds is 4. The maximum Gasteiger partial charge on any atom is 0.230 e. The molecule has 1 aromatic rings. The second kappa shape index (κ2) is 4.55. The number of nitrogens with two attached hydrogens (primary N) is 1. The van der Waals surface area contributed by atoms with E-state index in [2.05, 4.69) is 19.2 Å². The Morgan fingerprint density at radius 3 is 2.16 bits per heavy atom. The van der Waals surface area contributed by atoms with Gasteiger partial charge in [-0.05, 0) is 64.2 Å². The number of anilines is 1. The van der Waals surface area contributed by atoms with Crippen LogP contribution in [0, 0.1) is 5.92 Å². The highest BCUT2D eigenvalue weighted by Gasteiger charge is 2.41. The van der Waals surface area contributed by atoms with Crippen LogP contribution in [0.5, 0.6) is 0 Å². The first-order valence-electron chi connectivity index (χ1n) is 6.92. The van der Waals surface area contributed by atoms with E-state index < -0.39 is 5.41 Å². The fraction of sp³-hybridized carbons (Fsp3) is 0.562. The molecule has 1 aromatic carbocycles. The number of carbonyl (C=O) groups excluding carboxylic acids is 1. The lowest BCUT2D eigenvalue weighted by Crippen LogP contribution is -2.51. The standard InChI is InChI=1S/C16H24N2O/c1-15(2,11-7-9-13(17)10-8-11)14(19)18-16(3,4)12-5-6-12/h7-10,12H,5-6,17H2,1-4H3,(H,18,19). The molecule has 0 aliphatic heterocycles. The number of nitrogen functional groups attached to an aromatic ring is 1. The van der Waals surface area contributed by atoms with E-state index in [1.807, 2.05) is 38.1 Å². The van der Waals surface area contributed by atoms with Crippen molar-refractivity contribution in [2.45, 2.75) is 51.5 Å². The molecule has 0 bridgehead atoms. The highest BCUT2D eigenvalue weighted by atomic mass is 16.2. The minimum absolute atomic E-state index is 0.0779. The average molecular weight is 260 g/mol. The Bertz CT molecular complexity index is 470. The van der Waals surface area contributed by atoms with Gasteiger partial charge in [-0.25, -0.2) is 0 Å². The molecule has 0 aromatic heterocycles. The van der Waals surface area contributed by atoms with Crippen molar-refractivity contribution >= 4 is 11.6 Å². The number of carbonyl (C=O) groups is 1. The van der Waals surface area contributed by atoms with Gasteiger partial charge < -0.3 is 11.1 Å². The zero-order valence-electron chi connectivity index (χ0n) is 12.3. The van der Waals surface area contributed by atoms with E-state index in [0.717, 1.165) is 11.3 Å². The summed E-state index contributed by atoms with van der Waals surface area (Å²) in [5.74, 6) is 0.702. The molecule has 3 heteroatoms.